The van der Waals surface area contributed by atoms with E-state index in [-0.39, 0.29) is 0 Å². The minimum absolute atomic E-state index is 0.537. The maximum atomic E-state index is 5.39. The zero-order valence-electron chi connectivity index (χ0n) is 5.06. The van der Waals surface area contributed by atoms with Crippen LogP contribution >= 0.6 is 0 Å². The summed E-state index contributed by atoms with van der Waals surface area (Å²) in [5.74, 6) is 0.537. The van der Waals surface area contributed by atoms with Crippen molar-refractivity contribution in [3.63, 3.8) is 0 Å². The van der Waals surface area contributed by atoms with E-state index < -0.39 is 0 Å². The molecule has 0 bridgehead atoms. The lowest BCUT2D eigenvalue weighted by Gasteiger charge is -2.10. The molecule has 0 spiro atoms. The second kappa shape index (κ2) is 2.46. The fourth-order valence-corrected chi connectivity index (χ4v) is 1.26. The molecule has 1 radical (unpaired) electrons. The van der Waals surface area contributed by atoms with Gasteiger partial charge in [0, 0.05) is 0 Å². The Morgan fingerprint density at radius 1 is 1.12 bits per heavy atom. The fourth-order valence-electron chi connectivity index (χ4n) is 1.26. The van der Waals surface area contributed by atoms with Crippen molar-refractivity contribution in [3.05, 3.63) is 6.17 Å². The second-order valence-corrected chi connectivity index (χ2v) is 2.48. The summed E-state index contributed by atoms with van der Waals surface area (Å²) in [7, 11) is 0. The van der Waals surface area contributed by atoms with E-state index in [1.807, 2.05) is 0 Å². The quantitative estimate of drug-likeness (QED) is 0.522. The van der Waals surface area contributed by atoms with Crippen molar-refractivity contribution in [2.45, 2.75) is 25.7 Å². The molecule has 1 saturated carbocycles. The summed E-state index contributed by atoms with van der Waals surface area (Å²) in [6.07, 6.45) is 5.68. The van der Waals surface area contributed by atoms with E-state index in [4.69, 9.17) is 11.5 Å². The Hall–Kier alpha value is -0.0800. The maximum Gasteiger partial charge on any atom is 0.0987 e. The first-order valence-electron chi connectivity index (χ1n) is 3.18. The van der Waals surface area contributed by atoms with Gasteiger partial charge in [-0.25, -0.2) is 0 Å². The summed E-state index contributed by atoms with van der Waals surface area (Å²) in [6.45, 7) is 0. The Bertz CT molecular complexity index is 64.9. The van der Waals surface area contributed by atoms with Gasteiger partial charge in [0.25, 0.3) is 0 Å². The molecule has 1 aliphatic rings. The molecule has 0 aromatic heterocycles. The van der Waals surface area contributed by atoms with Crippen LogP contribution in [0.2, 0.25) is 0 Å². The molecule has 0 aromatic carbocycles. The molecule has 1 aliphatic carbocycles. The molecular weight excluding hydrogens is 100 g/mol. The average molecular weight is 113 g/mol. The lowest BCUT2D eigenvalue weighted by Crippen LogP contribution is -2.27. The van der Waals surface area contributed by atoms with Crippen molar-refractivity contribution in [1.82, 2.24) is 0 Å². The average Bonchev–Trinajstić information content (AvgIpc) is 2.12. The van der Waals surface area contributed by atoms with Crippen molar-refractivity contribution < 1.29 is 0 Å². The molecule has 1 rings (SSSR count). The van der Waals surface area contributed by atoms with Gasteiger partial charge in [-0.15, -0.1) is 0 Å². The van der Waals surface area contributed by atoms with Crippen LogP contribution in [-0.4, -0.2) is 0 Å². The molecule has 0 amide bonds. The lowest BCUT2D eigenvalue weighted by molar-refractivity contribution is 0.547. The number of nitrogens with two attached hydrogens (primary N) is 2. The third-order valence-electron chi connectivity index (χ3n) is 1.83. The Morgan fingerprint density at radius 3 is 1.88 bits per heavy atom. The van der Waals surface area contributed by atoms with Crippen molar-refractivity contribution in [2.24, 2.45) is 17.4 Å². The lowest BCUT2D eigenvalue weighted by atomic mass is 10.1. The summed E-state index contributed by atoms with van der Waals surface area (Å²) in [5.41, 5.74) is 10.8. The zero-order chi connectivity index (χ0) is 5.98. The van der Waals surface area contributed by atoms with Crippen molar-refractivity contribution >= 4 is 0 Å². The highest BCUT2D eigenvalue weighted by molar-refractivity contribution is 4.86. The van der Waals surface area contributed by atoms with Crippen molar-refractivity contribution in [2.75, 3.05) is 0 Å². The van der Waals surface area contributed by atoms with Crippen LogP contribution in [-0.2, 0) is 0 Å². The van der Waals surface area contributed by atoms with Crippen LogP contribution in [0.1, 0.15) is 25.7 Å². The largest absolute Gasteiger partial charge is 0.311 e. The van der Waals surface area contributed by atoms with Gasteiger partial charge in [-0.1, -0.05) is 12.8 Å². The molecule has 0 atom stereocenters. The third-order valence-corrected chi connectivity index (χ3v) is 1.83. The maximum absolute atomic E-state index is 5.39. The van der Waals surface area contributed by atoms with Crippen molar-refractivity contribution in [1.29, 1.82) is 0 Å². The molecule has 0 aromatic rings. The van der Waals surface area contributed by atoms with Crippen LogP contribution in [0.5, 0.6) is 0 Å². The van der Waals surface area contributed by atoms with Gasteiger partial charge in [-0.05, 0) is 18.8 Å². The van der Waals surface area contributed by atoms with E-state index >= 15 is 0 Å². The molecule has 0 unspecified atom stereocenters. The molecule has 4 N–H and O–H groups in total. The van der Waals surface area contributed by atoms with Gasteiger partial charge < -0.3 is 11.5 Å². The van der Waals surface area contributed by atoms with Crippen LogP contribution in [0.25, 0.3) is 0 Å². The van der Waals surface area contributed by atoms with Crippen LogP contribution in [0.4, 0.5) is 0 Å². The number of rotatable bonds is 1. The van der Waals surface area contributed by atoms with Crippen molar-refractivity contribution in [3.8, 4) is 0 Å². The molecular formula is C6H13N2. The zero-order valence-corrected chi connectivity index (χ0v) is 5.06. The van der Waals surface area contributed by atoms with Gasteiger partial charge in [-0.2, -0.15) is 0 Å². The standard InChI is InChI=1S/C6H13N2/c7-6(8)5-3-1-2-4-5/h5H,1-4,7-8H2. The molecule has 0 heterocycles. The van der Waals surface area contributed by atoms with Gasteiger partial charge >= 0.3 is 0 Å². The summed E-state index contributed by atoms with van der Waals surface area (Å²) < 4.78 is 0. The number of hydrogen-bond donors (Lipinski definition) is 2. The van der Waals surface area contributed by atoms with Crippen LogP contribution in [0.3, 0.4) is 0 Å². The highest BCUT2D eigenvalue weighted by Crippen LogP contribution is 2.27. The molecule has 47 valence electrons. The summed E-state index contributed by atoms with van der Waals surface area (Å²) >= 11 is 0. The molecule has 8 heavy (non-hydrogen) atoms. The van der Waals surface area contributed by atoms with Gasteiger partial charge in [-0.3, -0.25) is 0 Å². The Morgan fingerprint density at radius 2 is 1.62 bits per heavy atom. The smallest absolute Gasteiger partial charge is 0.0987 e. The summed E-state index contributed by atoms with van der Waals surface area (Å²) in [5, 5.41) is 0. The minimum atomic E-state index is 0.537. The predicted molar refractivity (Wildman–Crippen MR) is 33.6 cm³/mol. The van der Waals surface area contributed by atoms with Crippen LogP contribution in [0, 0.1) is 12.1 Å². The Balaban J connectivity index is 2.24. The third kappa shape index (κ3) is 1.20. The topological polar surface area (TPSA) is 52.0 Å². The monoisotopic (exact) mass is 113 g/mol. The van der Waals surface area contributed by atoms with E-state index in [0.717, 1.165) is 0 Å². The van der Waals surface area contributed by atoms with E-state index in [1.165, 1.54) is 25.7 Å². The first-order valence-corrected chi connectivity index (χ1v) is 3.18. The summed E-state index contributed by atoms with van der Waals surface area (Å²) in [6, 6.07) is 0. The van der Waals surface area contributed by atoms with E-state index in [1.54, 1.807) is 0 Å². The normalized spacial score (nSPS) is 22.9. The molecule has 1 fully saturated rings. The first kappa shape index (κ1) is 6.05. The van der Waals surface area contributed by atoms with E-state index in [9.17, 15) is 0 Å². The van der Waals surface area contributed by atoms with Crippen LogP contribution < -0.4 is 11.5 Å². The fraction of sp³-hybridized carbons (Fsp3) is 0.833. The first-order chi connectivity index (χ1) is 3.80. The molecule has 2 nitrogen and oxygen atoms in total. The molecule has 0 aliphatic heterocycles. The second-order valence-electron chi connectivity index (χ2n) is 2.48. The van der Waals surface area contributed by atoms with Crippen LogP contribution in [0.15, 0.2) is 0 Å². The molecule has 0 saturated heterocycles. The van der Waals surface area contributed by atoms with Gasteiger partial charge in [0.05, 0.1) is 6.17 Å². The predicted octanol–water partition coefficient (Wildman–Crippen LogP) is 0.583. The Labute approximate surface area is 50.2 Å². The SMILES string of the molecule is N[C](N)C1CCCC1. The van der Waals surface area contributed by atoms with E-state index in [2.05, 4.69) is 0 Å². The molecule has 2 heteroatoms. The summed E-state index contributed by atoms with van der Waals surface area (Å²) in [4.78, 5) is 0. The van der Waals surface area contributed by atoms with Gasteiger partial charge in [0.15, 0.2) is 0 Å². The highest BCUT2D eigenvalue weighted by Gasteiger charge is 2.19. The Kier molecular flexibility index (Phi) is 1.86. The number of hydrogen-bond acceptors (Lipinski definition) is 2. The highest BCUT2D eigenvalue weighted by atomic mass is 14.9. The van der Waals surface area contributed by atoms with E-state index in [0.29, 0.717) is 12.1 Å². The van der Waals surface area contributed by atoms with Gasteiger partial charge in [0.1, 0.15) is 0 Å². The minimum Gasteiger partial charge on any atom is -0.311 e. The van der Waals surface area contributed by atoms with Gasteiger partial charge in [0.2, 0.25) is 0 Å².